The molecule has 0 aromatic heterocycles. The minimum Gasteiger partial charge on any atom is -0.496 e. The van der Waals surface area contributed by atoms with Gasteiger partial charge < -0.3 is 4.74 Å². The van der Waals surface area contributed by atoms with Gasteiger partial charge in [0.2, 0.25) is 0 Å². The minimum absolute atomic E-state index is 0.0268. The molecule has 2 rings (SSSR count). The Morgan fingerprint density at radius 1 is 1.00 bits per heavy atom. The fourth-order valence-corrected chi connectivity index (χ4v) is 2.06. The smallest absolute Gasteiger partial charge is 0.416 e. The van der Waals surface area contributed by atoms with Crippen molar-refractivity contribution in [2.75, 3.05) is 7.11 Å². The van der Waals surface area contributed by atoms with Crippen LogP contribution in [0, 0.1) is 0 Å². The van der Waals surface area contributed by atoms with Gasteiger partial charge in [0, 0.05) is 11.1 Å². The molecule has 0 radical (unpaired) electrons. The number of ether oxygens (including phenoxy) is 1. The zero-order valence-corrected chi connectivity index (χ0v) is 10.9. The van der Waals surface area contributed by atoms with Gasteiger partial charge in [-0.15, -0.1) is 0 Å². The zero-order chi connectivity index (χ0) is 15.6. The van der Waals surface area contributed by atoms with Crippen LogP contribution in [0.25, 0.3) is 11.1 Å². The molecule has 6 heteroatoms. The highest BCUT2D eigenvalue weighted by atomic mass is 19.4. The number of methoxy groups -OCH3 is 1. The van der Waals surface area contributed by atoms with Crippen LogP contribution in [0.5, 0.6) is 5.75 Å². The summed E-state index contributed by atoms with van der Waals surface area (Å²) in [6.07, 6.45) is -7.35. The van der Waals surface area contributed by atoms with Crippen molar-refractivity contribution in [3.05, 3.63) is 53.6 Å². The van der Waals surface area contributed by atoms with Crippen LogP contribution in [0.3, 0.4) is 0 Å². The Morgan fingerprint density at radius 3 is 2.24 bits per heavy atom. The van der Waals surface area contributed by atoms with E-state index in [1.807, 2.05) is 0 Å². The normalized spacial score (nSPS) is 11.8. The van der Waals surface area contributed by atoms with Crippen molar-refractivity contribution in [2.24, 2.45) is 0 Å². The molecular formula is C15H11F5O. The largest absolute Gasteiger partial charge is 0.496 e. The van der Waals surface area contributed by atoms with E-state index in [1.54, 1.807) is 0 Å². The molecule has 0 unspecified atom stereocenters. The van der Waals surface area contributed by atoms with E-state index in [4.69, 9.17) is 4.74 Å². The molecule has 0 N–H and O–H groups in total. The van der Waals surface area contributed by atoms with Crippen molar-refractivity contribution in [1.82, 2.24) is 0 Å². The number of alkyl halides is 5. The number of rotatable bonds is 3. The molecule has 0 aliphatic rings. The lowest BCUT2D eigenvalue weighted by molar-refractivity contribution is -0.137. The fourth-order valence-electron chi connectivity index (χ4n) is 2.06. The van der Waals surface area contributed by atoms with E-state index >= 15 is 0 Å². The molecule has 0 aliphatic carbocycles. The lowest BCUT2D eigenvalue weighted by Gasteiger charge is -2.15. The maximum absolute atomic E-state index is 13.1. The maximum Gasteiger partial charge on any atom is 0.416 e. The first kappa shape index (κ1) is 15.3. The van der Waals surface area contributed by atoms with Crippen LogP contribution in [-0.2, 0) is 6.18 Å². The highest BCUT2D eigenvalue weighted by molar-refractivity contribution is 5.75. The Kier molecular flexibility index (Phi) is 4.16. The lowest BCUT2D eigenvalue weighted by Crippen LogP contribution is -2.05. The zero-order valence-electron chi connectivity index (χ0n) is 10.9. The highest BCUT2D eigenvalue weighted by Crippen LogP contribution is 2.40. The molecule has 0 bridgehead atoms. The van der Waals surface area contributed by atoms with Crippen LogP contribution in [0.15, 0.2) is 42.5 Å². The van der Waals surface area contributed by atoms with Crippen LogP contribution < -0.4 is 4.74 Å². The molecule has 0 aliphatic heterocycles. The summed E-state index contributed by atoms with van der Waals surface area (Å²) in [6.45, 7) is 0. The van der Waals surface area contributed by atoms with Crippen LogP contribution in [0.4, 0.5) is 22.0 Å². The van der Waals surface area contributed by atoms with Crippen molar-refractivity contribution in [3.8, 4) is 16.9 Å². The third kappa shape index (κ3) is 3.15. The molecule has 2 aromatic carbocycles. The summed E-state index contributed by atoms with van der Waals surface area (Å²) in [5.41, 5.74) is -1.25. The molecule has 0 saturated carbocycles. The van der Waals surface area contributed by atoms with Gasteiger partial charge in [-0.1, -0.05) is 24.3 Å². The van der Waals surface area contributed by atoms with Crippen molar-refractivity contribution in [3.63, 3.8) is 0 Å². The van der Waals surface area contributed by atoms with E-state index in [9.17, 15) is 22.0 Å². The SMILES string of the molecule is COc1cccc(C(F)F)c1-c1cccc(C(F)(F)F)c1. The predicted octanol–water partition coefficient (Wildman–Crippen LogP) is 5.32. The first-order chi connectivity index (χ1) is 9.84. The van der Waals surface area contributed by atoms with Crippen molar-refractivity contribution in [1.29, 1.82) is 0 Å². The maximum atomic E-state index is 13.1. The number of halogens is 5. The fraction of sp³-hybridized carbons (Fsp3) is 0.200. The van der Waals surface area contributed by atoms with Crippen LogP contribution in [0.1, 0.15) is 17.6 Å². The molecule has 0 saturated heterocycles. The van der Waals surface area contributed by atoms with Crippen LogP contribution in [-0.4, -0.2) is 7.11 Å². The average molecular weight is 302 g/mol. The summed E-state index contributed by atoms with van der Waals surface area (Å²) in [7, 11) is 1.28. The summed E-state index contributed by atoms with van der Waals surface area (Å²) in [5.74, 6) is 0.104. The molecular weight excluding hydrogens is 291 g/mol. The Morgan fingerprint density at radius 2 is 1.67 bits per heavy atom. The van der Waals surface area contributed by atoms with Gasteiger partial charge in [-0.3, -0.25) is 0 Å². The van der Waals surface area contributed by atoms with Gasteiger partial charge in [-0.05, 0) is 23.8 Å². The first-order valence-corrected chi connectivity index (χ1v) is 5.97. The topological polar surface area (TPSA) is 9.23 Å². The van der Waals surface area contributed by atoms with E-state index in [0.29, 0.717) is 0 Å². The van der Waals surface area contributed by atoms with Crippen LogP contribution in [0.2, 0.25) is 0 Å². The highest BCUT2D eigenvalue weighted by Gasteiger charge is 2.31. The Hall–Kier alpha value is -2.11. The van der Waals surface area contributed by atoms with Crippen LogP contribution >= 0.6 is 0 Å². The molecule has 0 fully saturated rings. The third-order valence-corrected chi connectivity index (χ3v) is 2.99. The van der Waals surface area contributed by atoms with E-state index < -0.39 is 18.2 Å². The summed E-state index contributed by atoms with van der Waals surface area (Å²) in [5, 5.41) is 0. The molecule has 0 atom stereocenters. The van der Waals surface area contributed by atoms with Gasteiger partial charge >= 0.3 is 6.18 Å². The van der Waals surface area contributed by atoms with Crippen molar-refractivity contribution < 1.29 is 26.7 Å². The molecule has 0 spiro atoms. The molecule has 0 heterocycles. The van der Waals surface area contributed by atoms with E-state index in [2.05, 4.69) is 0 Å². The first-order valence-electron chi connectivity index (χ1n) is 5.97. The van der Waals surface area contributed by atoms with E-state index in [-0.39, 0.29) is 22.4 Å². The third-order valence-electron chi connectivity index (χ3n) is 2.99. The van der Waals surface area contributed by atoms with Gasteiger partial charge in [0.15, 0.2) is 0 Å². The Bertz CT molecular complexity index is 634. The van der Waals surface area contributed by atoms with Gasteiger partial charge in [0.1, 0.15) is 5.75 Å². The number of hydrogen-bond acceptors (Lipinski definition) is 1. The monoisotopic (exact) mass is 302 g/mol. The minimum atomic E-state index is -4.54. The van der Waals surface area contributed by atoms with Gasteiger partial charge in [-0.25, -0.2) is 8.78 Å². The number of benzene rings is 2. The Balaban J connectivity index is 2.66. The van der Waals surface area contributed by atoms with E-state index in [0.717, 1.165) is 12.1 Å². The summed E-state index contributed by atoms with van der Waals surface area (Å²) < 4.78 is 69.4. The molecule has 0 amide bonds. The average Bonchev–Trinajstić information content (AvgIpc) is 2.45. The summed E-state index contributed by atoms with van der Waals surface area (Å²) in [4.78, 5) is 0. The lowest BCUT2D eigenvalue weighted by atomic mass is 9.97. The molecule has 112 valence electrons. The van der Waals surface area contributed by atoms with Gasteiger partial charge in [-0.2, -0.15) is 13.2 Å². The van der Waals surface area contributed by atoms with Gasteiger partial charge in [0.25, 0.3) is 6.43 Å². The summed E-state index contributed by atoms with van der Waals surface area (Å²) >= 11 is 0. The molecule has 2 aromatic rings. The quantitative estimate of drug-likeness (QED) is 0.697. The Labute approximate surface area is 118 Å². The summed E-state index contributed by atoms with van der Waals surface area (Å²) in [6, 6.07) is 8.23. The molecule has 1 nitrogen and oxygen atoms in total. The second kappa shape index (κ2) is 5.71. The van der Waals surface area contributed by atoms with Crippen molar-refractivity contribution >= 4 is 0 Å². The molecule has 21 heavy (non-hydrogen) atoms. The second-order valence-corrected chi connectivity index (χ2v) is 4.30. The standard InChI is InChI=1S/C15H11F5O/c1-21-12-7-3-6-11(14(16)17)13(12)9-4-2-5-10(8-9)15(18,19)20/h2-8,14H,1H3. The second-order valence-electron chi connectivity index (χ2n) is 4.30. The van der Waals surface area contributed by atoms with Crippen molar-refractivity contribution in [2.45, 2.75) is 12.6 Å². The predicted molar refractivity (Wildman–Crippen MR) is 68.4 cm³/mol. The number of hydrogen-bond donors (Lipinski definition) is 0. The van der Waals surface area contributed by atoms with E-state index in [1.165, 1.54) is 37.4 Å². The van der Waals surface area contributed by atoms with Gasteiger partial charge in [0.05, 0.1) is 12.7 Å².